The normalized spacial score (nSPS) is 15.5. The molecule has 7 nitrogen and oxygen atoms in total. The van der Waals surface area contributed by atoms with Gasteiger partial charge in [-0.15, -0.1) is 0 Å². The Hall–Kier alpha value is -2.42. The summed E-state index contributed by atoms with van der Waals surface area (Å²) >= 11 is 0. The molecule has 0 radical (unpaired) electrons. The number of piperazine rings is 1. The lowest BCUT2D eigenvalue weighted by Crippen LogP contribution is -2.46. The molecule has 0 aliphatic carbocycles. The third kappa shape index (κ3) is 6.09. The quantitative estimate of drug-likeness (QED) is 0.585. The number of likely N-dealkylation sites (N-methyl/N-ethyl adjacent to an activating group) is 1. The molecule has 8 heteroatoms. The first-order chi connectivity index (χ1) is 15.3. The van der Waals surface area contributed by atoms with E-state index in [1.165, 1.54) is 11.4 Å². The molecule has 32 heavy (non-hydrogen) atoms. The molecule has 0 bridgehead atoms. The van der Waals surface area contributed by atoms with Gasteiger partial charge >= 0.3 is 0 Å². The summed E-state index contributed by atoms with van der Waals surface area (Å²) in [4.78, 5) is 17.6. The first-order valence-electron chi connectivity index (χ1n) is 11.2. The van der Waals surface area contributed by atoms with Crippen molar-refractivity contribution >= 4 is 21.6 Å². The second-order valence-electron chi connectivity index (χ2n) is 8.22. The molecule has 1 N–H and O–H groups in total. The van der Waals surface area contributed by atoms with E-state index in [4.69, 9.17) is 0 Å². The molecule has 1 fully saturated rings. The lowest BCUT2D eigenvalue weighted by atomic mass is 10.2. The molecular weight excluding hydrogens is 424 g/mol. The zero-order valence-corrected chi connectivity index (χ0v) is 20.1. The molecule has 0 spiro atoms. The number of carbonyl (C=O) groups is 1. The minimum Gasteiger partial charge on any atom is -0.352 e. The molecule has 1 aliphatic rings. The lowest BCUT2D eigenvalue weighted by Gasteiger charge is -2.33. The predicted molar refractivity (Wildman–Crippen MR) is 129 cm³/mol. The molecule has 1 amide bonds. The van der Waals surface area contributed by atoms with Gasteiger partial charge in [-0.2, -0.15) is 0 Å². The molecule has 1 saturated heterocycles. The number of hydrogen-bond acceptors (Lipinski definition) is 5. The van der Waals surface area contributed by atoms with Gasteiger partial charge in [0.25, 0.3) is 15.9 Å². The van der Waals surface area contributed by atoms with E-state index in [1.54, 1.807) is 48.5 Å². The average Bonchev–Trinajstić information content (AvgIpc) is 2.82. The van der Waals surface area contributed by atoms with E-state index >= 15 is 0 Å². The van der Waals surface area contributed by atoms with Crippen LogP contribution >= 0.6 is 0 Å². The SMILES string of the molecule is CCN1CCN(CCCNC(=O)c2ccc(N(C)S(=O)(=O)c3ccc(C)cc3)cc2)CC1. The molecule has 0 atom stereocenters. The summed E-state index contributed by atoms with van der Waals surface area (Å²) in [5.74, 6) is -0.142. The van der Waals surface area contributed by atoms with Crippen molar-refractivity contribution < 1.29 is 13.2 Å². The van der Waals surface area contributed by atoms with Crippen molar-refractivity contribution in [2.24, 2.45) is 0 Å². The Balaban J connectivity index is 1.49. The van der Waals surface area contributed by atoms with E-state index in [9.17, 15) is 13.2 Å². The van der Waals surface area contributed by atoms with E-state index < -0.39 is 10.0 Å². The topological polar surface area (TPSA) is 73.0 Å². The first-order valence-corrected chi connectivity index (χ1v) is 12.6. The van der Waals surface area contributed by atoms with Crippen LogP contribution in [0.2, 0.25) is 0 Å². The van der Waals surface area contributed by atoms with Gasteiger partial charge in [0.05, 0.1) is 10.6 Å². The van der Waals surface area contributed by atoms with Crippen LogP contribution in [0.15, 0.2) is 53.4 Å². The van der Waals surface area contributed by atoms with Crippen LogP contribution in [0.1, 0.15) is 29.3 Å². The zero-order valence-electron chi connectivity index (χ0n) is 19.3. The summed E-state index contributed by atoms with van der Waals surface area (Å²) in [6.45, 7) is 11.2. The highest BCUT2D eigenvalue weighted by Gasteiger charge is 2.21. The Morgan fingerprint density at radius 2 is 1.56 bits per heavy atom. The zero-order chi connectivity index (χ0) is 23.1. The molecule has 0 aromatic heterocycles. The van der Waals surface area contributed by atoms with Crippen LogP contribution in [-0.4, -0.2) is 77.0 Å². The number of nitrogens with one attached hydrogen (secondary N) is 1. The van der Waals surface area contributed by atoms with E-state index in [0.717, 1.165) is 51.3 Å². The van der Waals surface area contributed by atoms with Crippen molar-refractivity contribution in [3.8, 4) is 0 Å². The molecule has 3 rings (SSSR count). The number of nitrogens with zero attached hydrogens (tertiary/aromatic N) is 3. The highest BCUT2D eigenvalue weighted by Crippen LogP contribution is 2.22. The van der Waals surface area contributed by atoms with E-state index in [1.807, 2.05) is 6.92 Å². The minimum atomic E-state index is -3.65. The van der Waals surface area contributed by atoms with Crippen molar-refractivity contribution in [2.75, 3.05) is 57.2 Å². The standard InChI is InChI=1S/C24H34N4O3S/c1-4-27-16-18-28(19-17-27)15-5-14-25-24(29)21-8-10-22(11-9-21)26(3)32(30,31)23-12-6-20(2)7-13-23/h6-13H,4-5,14-19H2,1-3H3,(H,25,29). The van der Waals surface area contributed by atoms with Gasteiger partial charge in [-0.3, -0.25) is 9.10 Å². The van der Waals surface area contributed by atoms with Crippen molar-refractivity contribution in [3.63, 3.8) is 0 Å². The number of rotatable bonds is 9. The number of benzene rings is 2. The Bertz CT molecular complexity index is 983. The summed E-state index contributed by atoms with van der Waals surface area (Å²) in [5.41, 5.74) is 2.03. The summed E-state index contributed by atoms with van der Waals surface area (Å²) < 4.78 is 26.9. The van der Waals surface area contributed by atoms with E-state index in [-0.39, 0.29) is 10.8 Å². The van der Waals surface area contributed by atoms with Crippen molar-refractivity contribution in [1.29, 1.82) is 0 Å². The molecular formula is C24H34N4O3S. The average molecular weight is 459 g/mol. The molecule has 0 saturated carbocycles. The van der Waals surface area contributed by atoms with Crippen LogP contribution in [0.4, 0.5) is 5.69 Å². The van der Waals surface area contributed by atoms with Crippen LogP contribution in [0.25, 0.3) is 0 Å². The number of sulfonamides is 1. The lowest BCUT2D eigenvalue weighted by molar-refractivity contribution is 0.0948. The Labute approximate surface area is 192 Å². The second kappa shape index (κ2) is 10.9. The van der Waals surface area contributed by atoms with Crippen LogP contribution < -0.4 is 9.62 Å². The summed E-state index contributed by atoms with van der Waals surface area (Å²) in [6.07, 6.45) is 0.910. The maximum Gasteiger partial charge on any atom is 0.264 e. The number of anilines is 1. The van der Waals surface area contributed by atoms with Crippen molar-refractivity contribution in [2.45, 2.75) is 25.2 Å². The van der Waals surface area contributed by atoms with Crippen molar-refractivity contribution in [3.05, 3.63) is 59.7 Å². The predicted octanol–water partition coefficient (Wildman–Crippen LogP) is 2.58. The maximum atomic E-state index is 12.8. The molecule has 2 aromatic rings. The van der Waals surface area contributed by atoms with Gasteiger partial charge in [-0.1, -0.05) is 24.6 Å². The van der Waals surface area contributed by atoms with E-state index in [2.05, 4.69) is 22.0 Å². The Morgan fingerprint density at radius 3 is 2.16 bits per heavy atom. The van der Waals surface area contributed by atoms with Crippen LogP contribution in [0, 0.1) is 6.92 Å². The van der Waals surface area contributed by atoms with Gasteiger partial charge in [-0.05, 0) is 62.8 Å². The summed E-state index contributed by atoms with van der Waals surface area (Å²) in [5, 5.41) is 2.96. The fraction of sp³-hybridized carbons (Fsp3) is 0.458. The number of hydrogen-bond donors (Lipinski definition) is 1. The molecule has 2 aromatic carbocycles. The van der Waals surface area contributed by atoms with Crippen molar-refractivity contribution in [1.82, 2.24) is 15.1 Å². The number of amides is 1. The van der Waals surface area contributed by atoms with Gasteiger partial charge in [-0.25, -0.2) is 8.42 Å². The van der Waals surface area contributed by atoms with E-state index in [0.29, 0.717) is 17.8 Å². The van der Waals surface area contributed by atoms with Gasteiger partial charge in [0.15, 0.2) is 0 Å². The Morgan fingerprint density at radius 1 is 0.969 bits per heavy atom. The van der Waals surface area contributed by atoms with Gasteiger partial charge < -0.3 is 15.1 Å². The van der Waals surface area contributed by atoms with Crippen LogP contribution in [0.5, 0.6) is 0 Å². The number of carbonyl (C=O) groups excluding carboxylic acids is 1. The smallest absolute Gasteiger partial charge is 0.264 e. The highest BCUT2D eigenvalue weighted by atomic mass is 32.2. The van der Waals surface area contributed by atoms with Crippen LogP contribution in [-0.2, 0) is 10.0 Å². The summed E-state index contributed by atoms with van der Waals surface area (Å²) in [6, 6.07) is 13.4. The molecule has 1 aliphatic heterocycles. The van der Waals surface area contributed by atoms with Gasteiger partial charge in [0.2, 0.25) is 0 Å². The largest absolute Gasteiger partial charge is 0.352 e. The Kier molecular flexibility index (Phi) is 8.28. The third-order valence-corrected chi connectivity index (χ3v) is 7.82. The monoisotopic (exact) mass is 458 g/mol. The van der Waals surface area contributed by atoms with Gasteiger partial charge in [0, 0.05) is 45.3 Å². The molecule has 1 heterocycles. The summed E-state index contributed by atoms with van der Waals surface area (Å²) in [7, 11) is -2.13. The fourth-order valence-electron chi connectivity index (χ4n) is 3.77. The molecule has 0 unspecified atom stereocenters. The first kappa shape index (κ1) is 24.2. The molecule has 174 valence electrons. The minimum absolute atomic E-state index is 0.142. The number of aryl methyl sites for hydroxylation is 1. The van der Waals surface area contributed by atoms with Crippen LogP contribution in [0.3, 0.4) is 0 Å². The highest BCUT2D eigenvalue weighted by molar-refractivity contribution is 7.92. The maximum absolute atomic E-state index is 12.8. The second-order valence-corrected chi connectivity index (χ2v) is 10.2. The third-order valence-electron chi connectivity index (χ3n) is 6.02. The van der Waals surface area contributed by atoms with Gasteiger partial charge in [0.1, 0.15) is 0 Å². The fourth-order valence-corrected chi connectivity index (χ4v) is 4.96.